The topological polar surface area (TPSA) is 76.8 Å². The molecule has 0 unspecified atom stereocenters. The molecule has 0 aliphatic carbocycles. The van der Waals surface area contributed by atoms with Gasteiger partial charge in [-0.05, 0) is 37.6 Å². The lowest BCUT2D eigenvalue weighted by Crippen LogP contribution is -2.46. The van der Waals surface area contributed by atoms with Gasteiger partial charge >= 0.3 is 17.8 Å². The highest BCUT2D eigenvalue weighted by Gasteiger charge is 2.31. The first-order valence-corrected chi connectivity index (χ1v) is 13.0. The first-order valence-electron chi connectivity index (χ1n) is 12.1. The van der Waals surface area contributed by atoms with Gasteiger partial charge in [-0.3, -0.25) is 23.6 Å². The van der Waals surface area contributed by atoms with Crippen LogP contribution in [-0.4, -0.2) is 59.8 Å². The summed E-state index contributed by atoms with van der Waals surface area (Å²) < 4.78 is 46.4. The third kappa shape index (κ3) is 6.24. The van der Waals surface area contributed by atoms with E-state index in [9.17, 15) is 27.6 Å². The maximum atomic E-state index is 13.0. The van der Waals surface area contributed by atoms with E-state index in [1.165, 1.54) is 39.7 Å². The van der Waals surface area contributed by atoms with Gasteiger partial charge in [0.05, 0.1) is 30.0 Å². The van der Waals surface area contributed by atoms with E-state index in [1.807, 2.05) is 4.90 Å². The highest BCUT2D eigenvalue weighted by molar-refractivity contribution is 7.09. The Kier molecular flexibility index (Phi) is 8.38. The largest absolute Gasteiger partial charge is 0.469 e. The van der Waals surface area contributed by atoms with Gasteiger partial charge in [0.2, 0.25) is 0 Å². The molecule has 8 nitrogen and oxygen atoms in total. The Morgan fingerprint density at radius 1 is 1.00 bits per heavy atom. The number of esters is 1. The molecule has 2 aromatic heterocycles. The Bertz CT molecular complexity index is 1360. The Hall–Kier alpha value is -3.12. The van der Waals surface area contributed by atoms with Crippen molar-refractivity contribution < 1.29 is 22.7 Å². The number of unbranched alkanes of at least 4 members (excludes halogenated alkanes) is 1. The van der Waals surface area contributed by atoms with Crippen molar-refractivity contribution in [2.45, 2.75) is 38.5 Å². The van der Waals surface area contributed by atoms with Gasteiger partial charge in [-0.2, -0.15) is 13.2 Å². The van der Waals surface area contributed by atoms with Gasteiger partial charge in [-0.15, -0.1) is 11.3 Å². The number of nitrogens with zero attached hydrogens (tertiary/aromatic N) is 4. The van der Waals surface area contributed by atoms with Crippen molar-refractivity contribution in [3.63, 3.8) is 0 Å². The van der Waals surface area contributed by atoms with Gasteiger partial charge in [-0.25, -0.2) is 4.79 Å². The molecule has 0 N–H and O–H groups in total. The molecular formula is C25H29F3N4O4S. The number of hydrogen-bond donors (Lipinski definition) is 0. The van der Waals surface area contributed by atoms with E-state index < -0.39 is 23.4 Å². The zero-order valence-electron chi connectivity index (χ0n) is 20.5. The molecule has 3 heterocycles. The predicted octanol–water partition coefficient (Wildman–Crippen LogP) is 3.41. The van der Waals surface area contributed by atoms with Crippen LogP contribution in [0.25, 0.3) is 10.9 Å². The molecule has 4 rings (SSSR count). The number of piperazine rings is 1. The lowest BCUT2D eigenvalue weighted by atomic mass is 10.1. The fourth-order valence-electron chi connectivity index (χ4n) is 4.57. The first-order chi connectivity index (χ1) is 17.7. The predicted molar refractivity (Wildman–Crippen MR) is 136 cm³/mol. The van der Waals surface area contributed by atoms with Crippen molar-refractivity contribution in [3.8, 4) is 0 Å². The van der Waals surface area contributed by atoms with Crippen LogP contribution < -0.4 is 16.1 Å². The molecule has 0 spiro atoms. The SMILES string of the molecule is COC(=O)CCn1c(=O)n(CCCCN2CCN(c3cccc(C(F)(F)F)c3)CC2)c(=O)c2cscc21. The summed E-state index contributed by atoms with van der Waals surface area (Å²) in [4.78, 5) is 41.7. The van der Waals surface area contributed by atoms with Gasteiger partial charge < -0.3 is 9.64 Å². The van der Waals surface area contributed by atoms with Crippen LogP contribution in [0.15, 0.2) is 44.6 Å². The van der Waals surface area contributed by atoms with Gasteiger partial charge in [0, 0.05) is 55.7 Å². The zero-order chi connectivity index (χ0) is 26.6. The molecule has 3 aromatic rings. The number of anilines is 1. The zero-order valence-corrected chi connectivity index (χ0v) is 21.3. The molecule has 0 saturated carbocycles. The van der Waals surface area contributed by atoms with Crippen LogP contribution in [0, 0.1) is 0 Å². The average Bonchev–Trinajstić information content (AvgIpc) is 3.38. The number of aryl methyl sites for hydroxylation is 1. The van der Waals surface area contributed by atoms with E-state index in [4.69, 9.17) is 0 Å². The molecule has 0 atom stereocenters. The second kappa shape index (κ2) is 11.5. The molecule has 0 amide bonds. The highest BCUT2D eigenvalue weighted by atomic mass is 32.1. The molecule has 37 heavy (non-hydrogen) atoms. The molecule has 1 aromatic carbocycles. The van der Waals surface area contributed by atoms with Crippen LogP contribution in [0.3, 0.4) is 0 Å². The van der Waals surface area contributed by atoms with E-state index in [1.54, 1.807) is 16.8 Å². The second-order valence-corrected chi connectivity index (χ2v) is 9.72. The Labute approximate surface area is 215 Å². The van der Waals surface area contributed by atoms with Crippen LogP contribution in [-0.2, 0) is 28.8 Å². The van der Waals surface area contributed by atoms with Crippen LogP contribution >= 0.6 is 11.3 Å². The van der Waals surface area contributed by atoms with Crippen molar-refractivity contribution in [1.29, 1.82) is 0 Å². The number of hydrogen-bond acceptors (Lipinski definition) is 7. The third-order valence-corrected chi connectivity index (χ3v) is 7.38. The lowest BCUT2D eigenvalue weighted by molar-refractivity contribution is -0.141. The number of carbonyl (C=O) groups excluding carboxylic acids is 1. The minimum Gasteiger partial charge on any atom is -0.469 e. The molecule has 12 heteroatoms. The molecule has 0 bridgehead atoms. The number of ether oxygens (including phenoxy) is 1. The molecule has 1 saturated heterocycles. The van der Waals surface area contributed by atoms with Crippen molar-refractivity contribution in [3.05, 3.63) is 61.4 Å². The van der Waals surface area contributed by atoms with Gasteiger partial charge in [0.25, 0.3) is 5.56 Å². The maximum Gasteiger partial charge on any atom is 0.416 e. The number of carbonyl (C=O) groups is 1. The highest BCUT2D eigenvalue weighted by Crippen LogP contribution is 2.31. The Morgan fingerprint density at radius 3 is 2.43 bits per heavy atom. The normalized spacial score (nSPS) is 14.9. The van der Waals surface area contributed by atoms with E-state index in [-0.39, 0.29) is 25.1 Å². The van der Waals surface area contributed by atoms with Crippen LogP contribution in [0.4, 0.5) is 18.9 Å². The molecule has 200 valence electrons. The van der Waals surface area contributed by atoms with E-state index >= 15 is 0 Å². The number of fused-ring (bicyclic) bond motifs is 1. The summed E-state index contributed by atoms with van der Waals surface area (Å²) in [7, 11) is 1.29. The summed E-state index contributed by atoms with van der Waals surface area (Å²) >= 11 is 1.33. The number of halogens is 3. The number of rotatable bonds is 9. The summed E-state index contributed by atoms with van der Waals surface area (Å²) in [6.07, 6.45) is -2.95. The Balaban J connectivity index is 1.32. The monoisotopic (exact) mass is 538 g/mol. The summed E-state index contributed by atoms with van der Waals surface area (Å²) in [5.74, 6) is -0.429. The van der Waals surface area contributed by atoms with Crippen molar-refractivity contribution in [2.24, 2.45) is 0 Å². The van der Waals surface area contributed by atoms with Gasteiger partial charge in [0.1, 0.15) is 0 Å². The third-order valence-electron chi connectivity index (χ3n) is 6.65. The van der Waals surface area contributed by atoms with E-state index in [0.717, 1.165) is 32.1 Å². The van der Waals surface area contributed by atoms with Gasteiger partial charge in [-0.1, -0.05) is 6.07 Å². The van der Waals surface area contributed by atoms with Crippen molar-refractivity contribution in [2.75, 3.05) is 44.7 Å². The quantitative estimate of drug-likeness (QED) is 0.307. The summed E-state index contributed by atoms with van der Waals surface area (Å²) in [5, 5.41) is 3.91. The van der Waals surface area contributed by atoms with Gasteiger partial charge in [0.15, 0.2) is 0 Å². The Morgan fingerprint density at radius 2 is 1.73 bits per heavy atom. The number of methoxy groups -OCH3 is 1. The fourth-order valence-corrected chi connectivity index (χ4v) is 5.38. The van der Waals surface area contributed by atoms with Crippen LogP contribution in [0.1, 0.15) is 24.8 Å². The summed E-state index contributed by atoms with van der Waals surface area (Å²) in [6, 6.07) is 5.40. The number of aromatic nitrogens is 2. The number of thiophene rings is 1. The molecular weight excluding hydrogens is 509 g/mol. The average molecular weight is 539 g/mol. The standard InChI is InChI=1S/C25H29F3N4O4S/c1-36-22(33)7-10-31-21-17-37-16-20(21)23(34)32(24(31)35)9-3-2-8-29-11-13-30(14-12-29)19-6-4-5-18(15-19)25(26,27)28/h4-6,15-17H,2-3,7-14H2,1H3. The lowest BCUT2D eigenvalue weighted by Gasteiger charge is -2.36. The summed E-state index contributed by atoms with van der Waals surface area (Å²) in [5.41, 5.74) is -0.313. The van der Waals surface area contributed by atoms with Crippen molar-refractivity contribution >= 4 is 33.9 Å². The molecule has 0 radical (unpaired) electrons. The fraction of sp³-hybridized carbons (Fsp3) is 0.480. The van der Waals surface area contributed by atoms with Crippen molar-refractivity contribution in [1.82, 2.24) is 14.0 Å². The maximum absolute atomic E-state index is 13.0. The summed E-state index contributed by atoms with van der Waals surface area (Å²) in [6.45, 7) is 3.86. The van der Waals surface area contributed by atoms with E-state index in [2.05, 4.69) is 9.64 Å². The minimum absolute atomic E-state index is 0.0338. The number of alkyl halides is 3. The first kappa shape index (κ1) is 26.9. The van der Waals surface area contributed by atoms with Crippen LogP contribution in [0.5, 0.6) is 0 Å². The minimum atomic E-state index is -4.36. The second-order valence-electron chi connectivity index (χ2n) is 8.97. The molecule has 1 fully saturated rings. The molecule has 1 aliphatic heterocycles. The van der Waals surface area contributed by atoms with Crippen LogP contribution in [0.2, 0.25) is 0 Å². The molecule has 1 aliphatic rings. The van der Waals surface area contributed by atoms with E-state index in [0.29, 0.717) is 36.1 Å². The smallest absolute Gasteiger partial charge is 0.416 e. The number of benzene rings is 1.